The highest BCUT2D eigenvalue weighted by Gasteiger charge is 2.09. The fourth-order valence-corrected chi connectivity index (χ4v) is 3.36. The van der Waals surface area contributed by atoms with E-state index in [1.807, 2.05) is 78.9 Å². The van der Waals surface area contributed by atoms with Crippen LogP contribution in [-0.2, 0) is 0 Å². The second-order valence-corrected chi connectivity index (χ2v) is 7.74. The van der Waals surface area contributed by atoms with Crippen molar-refractivity contribution in [3.63, 3.8) is 0 Å². The van der Waals surface area contributed by atoms with E-state index in [9.17, 15) is 0 Å². The quantitative estimate of drug-likeness (QED) is 0.253. The van der Waals surface area contributed by atoms with Crippen LogP contribution in [0.1, 0.15) is 5.56 Å². The summed E-state index contributed by atoms with van der Waals surface area (Å²) in [5, 5.41) is 4.36. The molecule has 1 N–H and O–H groups in total. The molecule has 0 spiro atoms. The van der Waals surface area contributed by atoms with Gasteiger partial charge in [-0.15, -0.1) is 0 Å². The fraction of sp³-hybridized carbons (Fsp3) is 0.0800. The Morgan fingerprint density at radius 1 is 0.812 bits per heavy atom. The molecule has 0 unspecified atom stereocenters. The summed E-state index contributed by atoms with van der Waals surface area (Å²) in [6.45, 7) is 0. The van der Waals surface area contributed by atoms with Gasteiger partial charge >= 0.3 is 0 Å². The lowest BCUT2D eigenvalue weighted by atomic mass is 10.1. The summed E-state index contributed by atoms with van der Waals surface area (Å²) in [4.78, 5) is 9.42. The molecule has 0 saturated heterocycles. The van der Waals surface area contributed by atoms with Gasteiger partial charge < -0.3 is 9.47 Å². The highest BCUT2D eigenvalue weighted by molar-refractivity contribution is 9.10. The molecule has 1 aromatic heterocycles. The van der Waals surface area contributed by atoms with E-state index in [2.05, 4.69) is 31.4 Å². The van der Waals surface area contributed by atoms with E-state index in [0.717, 1.165) is 26.9 Å². The molecule has 0 aliphatic rings. The van der Waals surface area contributed by atoms with E-state index >= 15 is 0 Å². The lowest BCUT2D eigenvalue weighted by Crippen LogP contribution is -1.99. The number of hydrogen-bond donors (Lipinski definition) is 1. The van der Waals surface area contributed by atoms with Gasteiger partial charge in [0, 0.05) is 21.7 Å². The number of aromatic nitrogens is 2. The molecule has 0 aliphatic carbocycles. The van der Waals surface area contributed by atoms with Gasteiger partial charge in [-0.1, -0.05) is 58.4 Å². The number of benzene rings is 3. The van der Waals surface area contributed by atoms with E-state index in [0.29, 0.717) is 23.1 Å². The predicted molar refractivity (Wildman–Crippen MR) is 131 cm³/mol. The van der Waals surface area contributed by atoms with Gasteiger partial charge in [-0.05, 0) is 35.9 Å². The standard InChI is InChI=1S/C25H21BrN4O2/c1-31-22-13-8-17(14-23(22)32-2)16-27-30-24-15-21(18-6-4-3-5-7-18)28-25(29-24)19-9-11-20(26)12-10-19/h3-16H,1-2H3,(H,28,29,30)/b27-16+. The predicted octanol–water partition coefficient (Wildman–Crippen LogP) is 6.04. The molecule has 1 heterocycles. The van der Waals surface area contributed by atoms with Gasteiger partial charge in [0.25, 0.3) is 0 Å². The number of ether oxygens (including phenoxy) is 2. The van der Waals surface area contributed by atoms with Gasteiger partial charge in [0.2, 0.25) is 0 Å². The van der Waals surface area contributed by atoms with Crippen molar-refractivity contribution in [1.29, 1.82) is 0 Å². The largest absolute Gasteiger partial charge is 0.493 e. The number of rotatable bonds is 7. The van der Waals surface area contributed by atoms with E-state index in [4.69, 9.17) is 14.5 Å². The number of methoxy groups -OCH3 is 2. The van der Waals surface area contributed by atoms with E-state index < -0.39 is 0 Å². The van der Waals surface area contributed by atoms with Crippen LogP contribution in [0, 0.1) is 0 Å². The molecule has 4 aromatic rings. The normalized spacial score (nSPS) is 10.8. The Hall–Kier alpha value is -3.71. The topological polar surface area (TPSA) is 68.6 Å². The van der Waals surface area contributed by atoms with Crippen molar-refractivity contribution in [3.8, 4) is 34.1 Å². The first-order valence-corrected chi connectivity index (χ1v) is 10.7. The number of nitrogens with one attached hydrogen (secondary N) is 1. The minimum atomic E-state index is 0.591. The maximum absolute atomic E-state index is 5.35. The molecule has 160 valence electrons. The van der Waals surface area contributed by atoms with E-state index in [-0.39, 0.29) is 0 Å². The van der Waals surface area contributed by atoms with Crippen molar-refractivity contribution in [2.75, 3.05) is 19.6 Å². The monoisotopic (exact) mass is 488 g/mol. The maximum atomic E-state index is 5.35. The summed E-state index contributed by atoms with van der Waals surface area (Å²) in [5.74, 6) is 2.51. The van der Waals surface area contributed by atoms with Crippen LogP contribution in [0.25, 0.3) is 22.6 Å². The molecule has 3 aromatic carbocycles. The molecule has 0 aliphatic heterocycles. The number of hydrazone groups is 1. The van der Waals surface area contributed by atoms with Gasteiger partial charge in [0.15, 0.2) is 23.1 Å². The Morgan fingerprint density at radius 2 is 1.56 bits per heavy atom. The minimum Gasteiger partial charge on any atom is -0.493 e. The second-order valence-electron chi connectivity index (χ2n) is 6.82. The van der Waals surface area contributed by atoms with Crippen molar-refractivity contribution < 1.29 is 9.47 Å². The summed E-state index contributed by atoms with van der Waals surface area (Å²) in [5.41, 5.74) is 6.61. The molecule has 6 nitrogen and oxygen atoms in total. The summed E-state index contributed by atoms with van der Waals surface area (Å²) >= 11 is 3.47. The van der Waals surface area contributed by atoms with Crippen LogP contribution in [0.3, 0.4) is 0 Å². The van der Waals surface area contributed by atoms with Crippen molar-refractivity contribution in [2.45, 2.75) is 0 Å². The molecular weight excluding hydrogens is 468 g/mol. The maximum Gasteiger partial charge on any atom is 0.162 e. The first kappa shape index (κ1) is 21.5. The number of anilines is 1. The number of halogens is 1. The highest BCUT2D eigenvalue weighted by atomic mass is 79.9. The van der Waals surface area contributed by atoms with Crippen LogP contribution in [0.2, 0.25) is 0 Å². The Kier molecular flexibility index (Phi) is 6.77. The Bertz CT molecular complexity index is 1230. The average molecular weight is 489 g/mol. The zero-order valence-corrected chi connectivity index (χ0v) is 19.2. The van der Waals surface area contributed by atoms with Gasteiger partial charge in [-0.25, -0.2) is 9.97 Å². The summed E-state index contributed by atoms with van der Waals surface area (Å²) < 4.78 is 11.6. The van der Waals surface area contributed by atoms with Crippen molar-refractivity contribution in [3.05, 3.63) is 88.9 Å². The molecule has 0 bridgehead atoms. The summed E-state index contributed by atoms with van der Waals surface area (Å²) in [6.07, 6.45) is 1.70. The van der Waals surface area contributed by atoms with Crippen molar-refractivity contribution in [1.82, 2.24) is 9.97 Å². The smallest absolute Gasteiger partial charge is 0.162 e. The zero-order valence-electron chi connectivity index (χ0n) is 17.6. The molecule has 0 fully saturated rings. The highest BCUT2D eigenvalue weighted by Crippen LogP contribution is 2.27. The fourth-order valence-electron chi connectivity index (χ4n) is 3.10. The van der Waals surface area contributed by atoms with Gasteiger partial charge in [0.05, 0.1) is 26.1 Å². The molecule has 0 radical (unpaired) electrons. The number of hydrogen-bond acceptors (Lipinski definition) is 6. The third-order valence-corrected chi connectivity index (χ3v) is 5.23. The van der Waals surface area contributed by atoms with Crippen molar-refractivity contribution in [2.24, 2.45) is 5.10 Å². The zero-order chi connectivity index (χ0) is 22.3. The minimum absolute atomic E-state index is 0.591. The average Bonchev–Trinajstić information content (AvgIpc) is 2.84. The van der Waals surface area contributed by atoms with E-state index in [1.54, 1.807) is 20.4 Å². The molecule has 0 atom stereocenters. The Labute approximate surface area is 195 Å². The van der Waals surface area contributed by atoms with E-state index in [1.165, 1.54) is 0 Å². The number of nitrogens with zero attached hydrogens (tertiary/aromatic N) is 3. The van der Waals surface area contributed by atoms with Crippen LogP contribution in [0.5, 0.6) is 11.5 Å². The Balaban J connectivity index is 1.65. The third-order valence-electron chi connectivity index (χ3n) is 4.70. The molecule has 7 heteroatoms. The molecule has 0 saturated carbocycles. The van der Waals surface area contributed by atoms with Gasteiger partial charge in [0.1, 0.15) is 0 Å². The second kappa shape index (κ2) is 10.1. The molecule has 32 heavy (non-hydrogen) atoms. The summed E-state index contributed by atoms with van der Waals surface area (Å²) in [6, 6.07) is 25.3. The lowest BCUT2D eigenvalue weighted by molar-refractivity contribution is 0.355. The SMILES string of the molecule is COc1ccc(/C=N/Nc2cc(-c3ccccc3)nc(-c3ccc(Br)cc3)n2)cc1OC. The first-order chi connectivity index (χ1) is 15.7. The summed E-state index contributed by atoms with van der Waals surface area (Å²) in [7, 11) is 3.21. The van der Waals surface area contributed by atoms with Crippen LogP contribution in [0.4, 0.5) is 5.82 Å². The first-order valence-electron chi connectivity index (χ1n) is 9.88. The molecular formula is C25H21BrN4O2. The van der Waals surface area contributed by atoms with Gasteiger partial charge in [-0.3, -0.25) is 5.43 Å². The van der Waals surface area contributed by atoms with Crippen LogP contribution >= 0.6 is 15.9 Å². The van der Waals surface area contributed by atoms with Crippen LogP contribution in [0.15, 0.2) is 88.4 Å². The van der Waals surface area contributed by atoms with Crippen LogP contribution < -0.4 is 14.9 Å². The molecule has 0 amide bonds. The van der Waals surface area contributed by atoms with Crippen LogP contribution in [-0.4, -0.2) is 30.4 Å². The van der Waals surface area contributed by atoms with Gasteiger partial charge in [-0.2, -0.15) is 5.10 Å². The Morgan fingerprint density at radius 3 is 2.28 bits per heavy atom. The van der Waals surface area contributed by atoms with Crippen molar-refractivity contribution >= 4 is 28.0 Å². The third kappa shape index (κ3) is 5.12. The molecule has 4 rings (SSSR count). The lowest BCUT2D eigenvalue weighted by Gasteiger charge is -2.09.